The second-order valence-electron chi connectivity index (χ2n) is 5.77. The van der Waals surface area contributed by atoms with Crippen LogP contribution in [0.2, 0.25) is 0 Å². The third-order valence-corrected chi connectivity index (χ3v) is 4.46. The number of hydrogen-bond acceptors (Lipinski definition) is 6. The van der Waals surface area contributed by atoms with Crippen molar-refractivity contribution in [1.29, 1.82) is 0 Å². The van der Waals surface area contributed by atoms with Crippen LogP contribution in [0.1, 0.15) is 22.8 Å². The number of fused-ring (bicyclic) bond motifs is 1. The van der Waals surface area contributed by atoms with Gasteiger partial charge >= 0.3 is 5.97 Å². The molecule has 3 rings (SSSR count). The molecule has 0 amide bonds. The fourth-order valence-electron chi connectivity index (χ4n) is 2.62. The first-order valence-electron chi connectivity index (χ1n) is 8.09. The van der Waals surface area contributed by atoms with Crippen LogP contribution in [0, 0.1) is 0 Å². The highest BCUT2D eigenvalue weighted by Gasteiger charge is 2.28. The second-order valence-corrected chi connectivity index (χ2v) is 6.68. The van der Waals surface area contributed by atoms with Gasteiger partial charge in [-0.25, -0.2) is 4.79 Å². The Morgan fingerprint density at radius 3 is 2.67 bits per heavy atom. The number of methoxy groups -OCH3 is 2. The summed E-state index contributed by atoms with van der Waals surface area (Å²) in [5, 5.41) is 0. The monoisotopic (exact) mass is 432 g/mol. The lowest BCUT2D eigenvalue weighted by Crippen LogP contribution is -2.24. The fraction of sp³-hybridized carbons (Fsp3) is 0.200. The molecule has 0 saturated heterocycles. The molecule has 1 unspecified atom stereocenters. The summed E-state index contributed by atoms with van der Waals surface area (Å²) in [6.07, 6.45) is 0.856. The molecule has 1 atom stereocenters. The number of benzene rings is 2. The summed E-state index contributed by atoms with van der Waals surface area (Å²) in [5.41, 5.74) is 1.13. The van der Waals surface area contributed by atoms with Crippen molar-refractivity contribution in [3.8, 4) is 17.2 Å². The Labute approximate surface area is 164 Å². The molecule has 0 aliphatic carbocycles. The van der Waals surface area contributed by atoms with Crippen molar-refractivity contribution in [2.24, 2.45) is 0 Å². The van der Waals surface area contributed by atoms with Gasteiger partial charge in [0.05, 0.1) is 19.8 Å². The first-order valence-corrected chi connectivity index (χ1v) is 8.88. The van der Waals surface area contributed by atoms with Crippen LogP contribution >= 0.6 is 15.9 Å². The van der Waals surface area contributed by atoms with Crippen LogP contribution < -0.4 is 14.2 Å². The van der Waals surface area contributed by atoms with E-state index in [0.29, 0.717) is 28.4 Å². The minimum Gasteiger partial charge on any atom is -0.496 e. The minimum atomic E-state index is -0.772. The lowest BCUT2D eigenvalue weighted by atomic mass is 10.1. The predicted molar refractivity (Wildman–Crippen MR) is 102 cm³/mol. The molecule has 140 valence electrons. The van der Waals surface area contributed by atoms with Gasteiger partial charge in [-0.15, -0.1) is 0 Å². The van der Waals surface area contributed by atoms with Gasteiger partial charge < -0.3 is 18.9 Å². The highest BCUT2D eigenvalue weighted by atomic mass is 79.9. The Morgan fingerprint density at radius 2 is 1.96 bits per heavy atom. The molecule has 0 spiro atoms. The molecule has 1 aliphatic heterocycles. The van der Waals surface area contributed by atoms with Gasteiger partial charge in [-0.3, -0.25) is 4.79 Å². The number of halogens is 1. The number of esters is 1. The van der Waals surface area contributed by atoms with Crippen molar-refractivity contribution < 1.29 is 28.5 Å². The Bertz CT molecular complexity index is 934. The minimum absolute atomic E-state index is 0.180. The summed E-state index contributed by atoms with van der Waals surface area (Å²) in [5.74, 6) is 0.846. The van der Waals surface area contributed by atoms with Crippen LogP contribution in [-0.2, 0) is 9.53 Å². The summed E-state index contributed by atoms with van der Waals surface area (Å²) in [7, 11) is 2.85. The van der Waals surface area contributed by atoms with Crippen molar-refractivity contribution in [3.05, 3.63) is 57.8 Å². The van der Waals surface area contributed by atoms with Crippen molar-refractivity contribution in [3.63, 3.8) is 0 Å². The van der Waals surface area contributed by atoms with Gasteiger partial charge in [0.2, 0.25) is 5.78 Å². The van der Waals surface area contributed by atoms with Gasteiger partial charge in [-0.05, 0) is 43.3 Å². The van der Waals surface area contributed by atoms with Crippen LogP contribution in [0.15, 0.2) is 46.6 Å². The summed E-state index contributed by atoms with van der Waals surface area (Å²) in [4.78, 5) is 24.1. The van der Waals surface area contributed by atoms with Gasteiger partial charge in [0.1, 0.15) is 17.2 Å². The number of carbonyl (C=O) groups is 2. The van der Waals surface area contributed by atoms with Crippen LogP contribution in [0.25, 0.3) is 6.08 Å². The van der Waals surface area contributed by atoms with Gasteiger partial charge in [0, 0.05) is 16.1 Å². The summed E-state index contributed by atoms with van der Waals surface area (Å²) in [6, 6.07) is 10.3. The molecule has 1 aliphatic rings. The maximum Gasteiger partial charge on any atom is 0.346 e. The molecule has 0 fully saturated rings. The van der Waals surface area contributed by atoms with Gasteiger partial charge in [-0.2, -0.15) is 0 Å². The Balaban J connectivity index is 1.87. The summed E-state index contributed by atoms with van der Waals surface area (Å²) in [6.45, 7) is 1.58. The summed E-state index contributed by atoms with van der Waals surface area (Å²) >= 11 is 3.40. The molecular weight excluding hydrogens is 416 g/mol. The van der Waals surface area contributed by atoms with Gasteiger partial charge in [-0.1, -0.05) is 15.9 Å². The largest absolute Gasteiger partial charge is 0.496 e. The molecule has 2 aromatic carbocycles. The van der Waals surface area contributed by atoms with E-state index in [0.717, 1.165) is 4.47 Å². The molecule has 0 N–H and O–H groups in total. The molecule has 0 aromatic heterocycles. The number of Topliss-reactive ketones (excluding diaryl/α,β-unsaturated/α-hetero) is 1. The van der Waals surface area contributed by atoms with Crippen molar-refractivity contribution >= 4 is 33.8 Å². The molecule has 1 heterocycles. The van der Waals surface area contributed by atoms with Crippen LogP contribution in [0.4, 0.5) is 0 Å². The smallest absolute Gasteiger partial charge is 0.346 e. The van der Waals surface area contributed by atoms with Crippen LogP contribution in [0.5, 0.6) is 17.2 Å². The average molecular weight is 433 g/mol. The number of hydrogen-bond donors (Lipinski definition) is 0. The molecule has 2 aromatic rings. The van der Waals surface area contributed by atoms with Crippen molar-refractivity contribution in [2.75, 3.05) is 14.2 Å². The average Bonchev–Trinajstić information content (AvgIpc) is 2.96. The number of carbonyl (C=O) groups excluding carboxylic acids is 2. The molecule has 0 bridgehead atoms. The molecule has 0 saturated carbocycles. The van der Waals surface area contributed by atoms with Crippen molar-refractivity contribution in [1.82, 2.24) is 0 Å². The first-order chi connectivity index (χ1) is 12.9. The molecule has 0 radical (unpaired) electrons. The summed E-state index contributed by atoms with van der Waals surface area (Å²) < 4.78 is 22.0. The Hall–Kier alpha value is -2.80. The third-order valence-electron chi connectivity index (χ3n) is 3.97. The molecular formula is C20H17BrO6. The van der Waals surface area contributed by atoms with Gasteiger partial charge in [0.25, 0.3) is 0 Å². The topological polar surface area (TPSA) is 71.1 Å². The van der Waals surface area contributed by atoms with Gasteiger partial charge in [0.15, 0.2) is 11.9 Å². The third kappa shape index (κ3) is 3.98. The maximum atomic E-state index is 12.6. The number of allylic oxidation sites excluding steroid dienone is 1. The number of ether oxygens (including phenoxy) is 4. The Kier molecular flexibility index (Phi) is 5.51. The quantitative estimate of drug-likeness (QED) is 0.524. The highest BCUT2D eigenvalue weighted by Crippen LogP contribution is 2.36. The standard InChI is InChI=1S/C20H17BrO6/c1-11(20(23)25-3)26-14-5-6-15-17(10-14)27-18(19(15)22)9-12-8-13(21)4-7-16(12)24-2/h4-11H,1-3H3. The SMILES string of the molecule is COC(=O)C(C)Oc1ccc2c(c1)OC(=Cc1cc(Br)ccc1OC)C2=O. The van der Waals surface area contributed by atoms with Crippen molar-refractivity contribution in [2.45, 2.75) is 13.0 Å². The van der Waals surface area contributed by atoms with E-state index < -0.39 is 12.1 Å². The van der Waals surface area contributed by atoms with E-state index in [-0.39, 0.29) is 11.5 Å². The van der Waals surface area contributed by atoms with E-state index in [9.17, 15) is 9.59 Å². The normalized spacial score (nSPS) is 15.1. The zero-order valence-corrected chi connectivity index (χ0v) is 16.5. The van der Waals surface area contributed by atoms with E-state index in [1.807, 2.05) is 12.1 Å². The zero-order valence-electron chi connectivity index (χ0n) is 14.9. The van der Waals surface area contributed by atoms with Crippen LogP contribution in [-0.4, -0.2) is 32.1 Å². The predicted octanol–water partition coefficient (Wildman–Crippen LogP) is 4.01. The Morgan fingerprint density at radius 1 is 1.19 bits per heavy atom. The van der Waals surface area contributed by atoms with E-state index in [1.54, 1.807) is 44.4 Å². The molecule has 6 nitrogen and oxygen atoms in total. The lowest BCUT2D eigenvalue weighted by molar-refractivity contribution is -0.147. The molecule has 27 heavy (non-hydrogen) atoms. The lowest BCUT2D eigenvalue weighted by Gasteiger charge is -2.12. The van der Waals surface area contributed by atoms with Crippen LogP contribution in [0.3, 0.4) is 0 Å². The van der Waals surface area contributed by atoms with E-state index in [4.69, 9.17) is 14.2 Å². The van der Waals surface area contributed by atoms with E-state index >= 15 is 0 Å². The number of ketones is 1. The molecule has 7 heteroatoms. The van der Waals surface area contributed by atoms with E-state index in [2.05, 4.69) is 20.7 Å². The zero-order chi connectivity index (χ0) is 19.6. The number of rotatable bonds is 5. The second kappa shape index (κ2) is 7.84. The fourth-order valence-corrected chi connectivity index (χ4v) is 3.00. The highest BCUT2D eigenvalue weighted by molar-refractivity contribution is 9.10. The maximum absolute atomic E-state index is 12.6. The van der Waals surface area contributed by atoms with E-state index in [1.165, 1.54) is 7.11 Å². The first kappa shape index (κ1) is 19.0.